The van der Waals surface area contributed by atoms with Crippen molar-refractivity contribution in [3.63, 3.8) is 0 Å². The fourth-order valence-corrected chi connectivity index (χ4v) is 2.84. The maximum Gasteiger partial charge on any atom is 0.258 e. The van der Waals surface area contributed by atoms with E-state index in [9.17, 15) is 5.11 Å². The highest BCUT2D eigenvalue weighted by molar-refractivity contribution is 7.99. The van der Waals surface area contributed by atoms with Crippen LogP contribution in [-0.4, -0.2) is 33.4 Å². The molecule has 1 aromatic carbocycles. The van der Waals surface area contributed by atoms with Crippen molar-refractivity contribution in [3.8, 4) is 17.2 Å². The van der Waals surface area contributed by atoms with Gasteiger partial charge in [0, 0.05) is 17.1 Å². The summed E-state index contributed by atoms with van der Waals surface area (Å²) in [6.07, 6.45) is -0.0892. The molecule has 0 amide bonds. The third kappa shape index (κ3) is 2.59. The molecule has 19 heavy (non-hydrogen) atoms. The first-order valence-corrected chi connectivity index (χ1v) is 7.22. The number of rotatable bonds is 2. The van der Waals surface area contributed by atoms with Crippen molar-refractivity contribution >= 4 is 11.8 Å². The Labute approximate surface area is 115 Å². The third-order valence-electron chi connectivity index (χ3n) is 2.99. The van der Waals surface area contributed by atoms with Gasteiger partial charge in [0.2, 0.25) is 5.82 Å². The first-order chi connectivity index (χ1) is 9.24. The molecule has 3 rings (SSSR count). The molecule has 0 spiro atoms. The number of hydrogen-bond acceptors (Lipinski definition) is 6. The fraction of sp³-hybridized carbons (Fsp3) is 0.385. The molecule has 2 aromatic rings. The number of phenols is 1. The lowest BCUT2D eigenvalue weighted by molar-refractivity contribution is 0.0677. The van der Waals surface area contributed by atoms with E-state index in [1.165, 1.54) is 0 Å². The molecule has 0 saturated carbocycles. The molecule has 1 saturated heterocycles. The Morgan fingerprint density at radius 1 is 1.42 bits per heavy atom. The molecule has 0 aliphatic carbocycles. The number of hydrogen-bond donors (Lipinski definition) is 1. The van der Waals surface area contributed by atoms with E-state index in [1.807, 2.05) is 18.7 Å². The summed E-state index contributed by atoms with van der Waals surface area (Å²) in [7, 11) is 0. The molecule has 1 unspecified atom stereocenters. The quantitative estimate of drug-likeness (QED) is 0.910. The molecule has 1 aliphatic rings. The molecule has 0 bridgehead atoms. The molecular weight excluding hydrogens is 264 g/mol. The lowest BCUT2D eigenvalue weighted by Gasteiger charge is -2.18. The summed E-state index contributed by atoms with van der Waals surface area (Å²) >= 11 is 1.83. The maximum absolute atomic E-state index is 9.40. The van der Waals surface area contributed by atoms with Crippen molar-refractivity contribution in [1.82, 2.24) is 10.1 Å². The van der Waals surface area contributed by atoms with Crippen LogP contribution >= 0.6 is 11.8 Å². The Balaban J connectivity index is 1.87. The smallest absolute Gasteiger partial charge is 0.258 e. The van der Waals surface area contributed by atoms with Gasteiger partial charge in [-0.25, -0.2) is 0 Å². The molecule has 0 radical (unpaired) electrons. The van der Waals surface area contributed by atoms with Crippen molar-refractivity contribution in [2.45, 2.75) is 13.0 Å². The average Bonchev–Trinajstić information content (AvgIpc) is 2.89. The van der Waals surface area contributed by atoms with E-state index in [2.05, 4.69) is 10.1 Å². The summed E-state index contributed by atoms with van der Waals surface area (Å²) in [5.74, 6) is 3.15. The van der Waals surface area contributed by atoms with Gasteiger partial charge in [0.15, 0.2) is 0 Å². The maximum atomic E-state index is 9.40. The van der Waals surface area contributed by atoms with Crippen LogP contribution in [-0.2, 0) is 4.74 Å². The molecule has 5 nitrogen and oxygen atoms in total. The zero-order valence-electron chi connectivity index (χ0n) is 10.5. The zero-order valence-corrected chi connectivity index (χ0v) is 11.3. The summed E-state index contributed by atoms with van der Waals surface area (Å²) in [4.78, 5) is 4.40. The highest BCUT2D eigenvalue weighted by Gasteiger charge is 2.22. The predicted molar refractivity (Wildman–Crippen MR) is 72.2 cm³/mol. The Kier molecular flexibility index (Phi) is 3.44. The molecule has 1 aromatic heterocycles. The number of aromatic nitrogens is 2. The Morgan fingerprint density at radius 2 is 2.32 bits per heavy atom. The van der Waals surface area contributed by atoms with E-state index in [1.54, 1.807) is 18.2 Å². The molecule has 1 aliphatic heterocycles. The van der Waals surface area contributed by atoms with Crippen molar-refractivity contribution in [2.75, 3.05) is 18.1 Å². The number of aromatic hydroxyl groups is 1. The fourth-order valence-electron chi connectivity index (χ4n) is 2.00. The van der Waals surface area contributed by atoms with Gasteiger partial charge in [0.1, 0.15) is 11.9 Å². The standard InChI is InChI=1S/C13H14N2O3S/c1-8-6-9(16)2-3-10(8)13-14-12(15-18-13)11-7-19-5-4-17-11/h2-3,6,11,16H,4-5,7H2,1H3. The topological polar surface area (TPSA) is 68.4 Å². The lowest BCUT2D eigenvalue weighted by atomic mass is 10.1. The molecule has 1 N–H and O–H groups in total. The van der Waals surface area contributed by atoms with Crippen LogP contribution in [0.15, 0.2) is 22.7 Å². The highest BCUT2D eigenvalue weighted by atomic mass is 32.2. The highest BCUT2D eigenvalue weighted by Crippen LogP contribution is 2.29. The number of phenolic OH excluding ortho intramolecular Hbond substituents is 1. The van der Waals surface area contributed by atoms with Crippen LogP contribution in [0.3, 0.4) is 0 Å². The SMILES string of the molecule is Cc1cc(O)ccc1-c1nc(C2CSCCO2)no1. The number of thioether (sulfide) groups is 1. The first-order valence-electron chi connectivity index (χ1n) is 6.07. The van der Waals surface area contributed by atoms with Gasteiger partial charge in [0.05, 0.1) is 6.61 Å². The van der Waals surface area contributed by atoms with Gasteiger partial charge in [-0.2, -0.15) is 16.7 Å². The monoisotopic (exact) mass is 278 g/mol. The molecule has 1 fully saturated rings. The number of aryl methyl sites for hydroxylation is 1. The molecule has 100 valence electrons. The van der Waals surface area contributed by atoms with Crippen LogP contribution in [0.4, 0.5) is 0 Å². The van der Waals surface area contributed by atoms with Gasteiger partial charge in [-0.1, -0.05) is 5.16 Å². The van der Waals surface area contributed by atoms with Crippen LogP contribution in [0.5, 0.6) is 5.75 Å². The van der Waals surface area contributed by atoms with E-state index in [4.69, 9.17) is 9.26 Å². The van der Waals surface area contributed by atoms with Gasteiger partial charge >= 0.3 is 0 Å². The van der Waals surface area contributed by atoms with Crippen LogP contribution in [0, 0.1) is 6.92 Å². The summed E-state index contributed by atoms with van der Waals surface area (Å²) in [5, 5.41) is 13.4. The van der Waals surface area contributed by atoms with E-state index in [0.717, 1.165) is 29.2 Å². The van der Waals surface area contributed by atoms with E-state index < -0.39 is 0 Å². The van der Waals surface area contributed by atoms with Crippen LogP contribution in [0.25, 0.3) is 11.5 Å². The average molecular weight is 278 g/mol. The minimum Gasteiger partial charge on any atom is -0.508 e. The third-order valence-corrected chi connectivity index (χ3v) is 3.98. The minimum absolute atomic E-state index is 0.0892. The van der Waals surface area contributed by atoms with E-state index >= 15 is 0 Å². The van der Waals surface area contributed by atoms with Gasteiger partial charge < -0.3 is 14.4 Å². The van der Waals surface area contributed by atoms with Crippen molar-refractivity contribution < 1.29 is 14.4 Å². The summed E-state index contributed by atoms with van der Waals surface area (Å²) in [5.41, 5.74) is 1.73. The lowest BCUT2D eigenvalue weighted by Crippen LogP contribution is -2.16. The van der Waals surface area contributed by atoms with Gasteiger partial charge in [-0.3, -0.25) is 0 Å². The predicted octanol–water partition coefficient (Wildman–Crippen LogP) is 2.56. The van der Waals surface area contributed by atoms with Gasteiger partial charge in [0.25, 0.3) is 5.89 Å². The van der Waals surface area contributed by atoms with Crippen LogP contribution < -0.4 is 0 Å². The molecule has 2 heterocycles. The Morgan fingerprint density at radius 3 is 3.05 bits per heavy atom. The van der Waals surface area contributed by atoms with Gasteiger partial charge in [-0.15, -0.1) is 0 Å². The second-order valence-electron chi connectivity index (χ2n) is 4.39. The summed E-state index contributed by atoms with van der Waals surface area (Å²) in [6, 6.07) is 5.06. The van der Waals surface area contributed by atoms with E-state index in [0.29, 0.717) is 11.7 Å². The second-order valence-corrected chi connectivity index (χ2v) is 5.54. The summed E-state index contributed by atoms with van der Waals surface area (Å²) in [6.45, 7) is 2.61. The Hall–Kier alpha value is -1.53. The number of benzene rings is 1. The van der Waals surface area contributed by atoms with Crippen LogP contribution in [0.1, 0.15) is 17.5 Å². The number of nitrogens with zero attached hydrogens (tertiary/aromatic N) is 2. The normalized spacial score (nSPS) is 19.5. The van der Waals surface area contributed by atoms with Crippen molar-refractivity contribution in [2.24, 2.45) is 0 Å². The Bertz CT molecular complexity index is 579. The molecule has 1 atom stereocenters. The van der Waals surface area contributed by atoms with Crippen molar-refractivity contribution in [1.29, 1.82) is 0 Å². The van der Waals surface area contributed by atoms with Crippen LogP contribution in [0.2, 0.25) is 0 Å². The van der Waals surface area contributed by atoms with E-state index in [-0.39, 0.29) is 11.9 Å². The summed E-state index contributed by atoms with van der Waals surface area (Å²) < 4.78 is 10.9. The largest absolute Gasteiger partial charge is 0.508 e. The first kappa shape index (κ1) is 12.5. The molecule has 6 heteroatoms. The second kappa shape index (κ2) is 5.22. The van der Waals surface area contributed by atoms with Gasteiger partial charge in [-0.05, 0) is 30.7 Å². The van der Waals surface area contributed by atoms with Crippen molar-refractivity contribution in [3.05, 3.63) is 29.6 Å². The molecular formula is C13H14N2O3S. The number of ether oxygens (including phenoxy) is 1. The zero-order chi connectivity index (χ0) is 13.2. The minimum atomic E-state index is -0.0892.